The van der Waals surface area contributed by atoms with Gasteiger partial charge in [-0.1, -0.05) is 43.1 Å². The van der Waals surface area contributed by atoms with Gasteiger partial charge in [0.25, 0.3) is 0 Å². The smallest absolute Gasteiger partial charge is 0.146 e. The Morgan fingerprint density at radius 2 is 1.95 bits per heavy atom. The molecular weight excluding hydrogens is 425 g/mol. The first-order valence-corrected chi connectivity index (χ1v) is 8.35. The molecule has 0 bridgehead atoms. The number of hydrogen-bond donors (Lipinski definition) is 0. The van der Waals surface area contributed by atoms with E-state index in [0.717, 1.165) is 15.7 Å². The van der Waals surface area contributed by atoms with Gasteiger partial charge in [0.1, 0.15) is 16.8 Å². The highest BCUT2D eigenvalue weighted by Crippen LogP contribution is 2.25. The lowest BCUT2D eigenvalue weighted by molar-refractivity contribution is 0.609. The highest BCUT2D eigenvalue weighted by molar-refractivity contribution is 14.1. The Morgan fingerprint density at radius 1 is 1.24 bits per heavy atom. The van der Waals surface area contributed by atoms with Crippen molar-refractivity contribution in [2.75, 3.05) is 0 Å². The zero-order chi connectivity index (χ0) is 15.6. The van der Waals surface area contributed by atoms with Crippen LogP contribution in [0.1, 0.15) is 30.9 Å². The number of aromatic nitrogens is 2. The van der Waals surface area contributed by atoms with E-state index < -0.39 is 0 Å². The lowest BCUT2D eigenvalue weighted by Crippen LogP contribution is -2.08. The van der Waals surface area contributed by atoms with Gasteiger partial charge in [0, 0.05) is 17.0 Å². The summed E-state index contributed by atoms with van der Waals surface area (Å²) in [5.74, 6) is 0.587. The van der Waals surface area contributed by atoms with Crippen LogP contribution in [0, 0.1) is 15.3 Å². The second-order valence-corrected chi connectivity index (χ2v) is 7.01. The first-order valence-electron chi connectivity index (χ1n) is 6.52. The van der Waals surface area contributed by atoms with E-state index in [4.69, 9.17) is 23.2 Å². The van der Waals surface area contributed by atoms with Crippen LogP contribution >= 0.6 is 45.8 Å². The van der Waals surface area contributed by atoms with Crippen LogP contribution in [0.15, 0.2) is 18.2 Å². The minimum Gasteiger partial charge on any atom is -0.236 e. The van der Waals surface area contributed by atoms with Gasteiger partial charge in [0.2, 0.25) is 0 Å². The topological polar surface area (TPSA) is 25.8 Å². The van der Waals surface area contributed by atoms with Gasteiger partial charge in [-0.05, 0) is 47.1 Å². The van der Waals surface area contributed by atoms with E-state index >= 15 is 0 Å². The third-order valence-electron chi connectivity index (χ3n) is 2.92. The van der Waals surface area contributed by atoms with Gasteiger partial charge in [0.15, 0.2) is 0 Å². The zero-order valence-corrected chi connectivity index (χ0v) is 15.3. The fraction of sp³-hybridized carbons (Fsp3) is 0.333. The summed E-state index contributed by atoms with van der Waals surface area (Å²) in [7, 11) is 0. The van der Waals surface area contributed by atoms with Crippen molar-refractivity contribution in [3.05, 3.63) is 54.8 Å². The summed E-state index contributed by atoms with van der Waals surface area (Å²) in [6, 6.07) is 4.61. The van der Waals surface area contributed by atoms with Gasteiger partial charge < -0.3 is 0 Å². The maximum absolute atomic E-state index is 13.9. The Hall–Kier alpha value is -0.460. The molecule has 1 heterocycles. The number of rotatable bonds is 4. The summed E-state index contributed by atoms with van der Waals surface area (Å²) in [4.78, 5) is 8.76. The van der Waals surface area contributed by atoms with Crippen LogP contribution in [0.25, 0.3) is 0 Å². The lowest BCUT2D eigenvalue weighted by atomic mass is 10.1. The largest absolute Gasteiger partial charge is 0.236 e. The Labute approximate surface area is 147 Å². The average molecular weight is 439 g/mol. The van der Waals surface area contributed by atoms with Gasteiger partial charge in [-0.3, -0.25) is 0 Å². The lowest BCUT2D eigenvalue weighted by Gasteiger charge is -2.11. The maximum atomic E-state index is 13.9. The standard InChI is InChI=1S/C15H14Cl2FIN2/c1-8(2)6-12-14(19)15(17)21-13(20-12)7-9-10(16)4-3-5-11(9)18/h3-5,8H,6-7H2,1-2H3. The maximum Gasteiger partial charge on any atom is 0.146 e. The molecule has 0 N–H and O–H groups in total. The Balaban J connectivity index is 2.39. The van der Waals surface area contributed by atoms with E-state index in [9.17, 15) is 4.39 Å². The molecule has 0 aliphatic rings. The van der Waals surface area contributed by atoms with Crippen molar-refractivity contribution in [3.8, 4) is 0 Å². The molecule has 1 aromatic carbocycles. The minimum atomic E-state index is -0.355. The molecule has 2 aromatic rings. The van der Waals surface area contributed by atoms with Gasteiger partial charge in [-0.25, -0.2) is 14.4 Å². The van der Waals surface area contributed by atoms with Crippen LogP contribution in [0.4, 0.5) is 4.39 Å². The predicted molar refractivity (Wildman–Crippen MR) is 92.5 cm³/mol. The molecule has 0 aliphatic carbocycles. The molecule has 0 aliphatic heterocycles. The fourth-order valence-electron chi connectivity index (χ4n) is 1.97. The monoisotopic (exact) mass is 438 g/mol. The Morgan fingerprint density at radius 3 is 2.57 bits per heavy atom. The fourth-order valence-corrected chi connectivity index (χ4v) is 2.87. The van der Waals surface area contributed by atoms with Gasteiger partial charge in [-0.15, -0.1) is 0 Å². The SMILES string of the molecule is CC(C)Cc1nc(Cc2c(F)cccc2Cl)nc(Cl)c1I. The van der Waals surface area contributed by atoms with Crippen LogP contribution in [-0.2, 0) is 12.8 Å². The Kier molecular flexibility index (Phi) is 5.80. The second kappa shape index (κ2) is 7.20. The minimum absolute atomic E-state index is 0.229. The molecule has 112 valence electrons. The summed E-state index contributed by atoms with van der Waals surface area (Å²) in [5, 5.41) is 0.780. The molecule has 2 rings (SSSR count). The normalized spacial score (nSPS) is 11.2. The molecular formula is C15H14Cl2FIN2. The van der Waals surface area contributed by atoms with Crippen molar-refractivity contribution in [2.45, 2.75) is 26.7 Å². The van der Waals surface area contributed by atoms with Crippen molar-refractivity contribution in [2.24, 2.45) is 5.92 Å². The molecule has 0 amide bonds. The number of benzene rings is 1. The van der Waals surface area contributed by atoms with Crippen LogP contribution in [0.3, 0.4) is 0 Å². The van der Waals surface area contributed by atoms with Crippen molar-refractivity contribution in [3.63, 3.8) is 0 Å². The molecule has 1 aromatic heterocycles. The molecule has 0 fully saturated rings. The molecule has 0 radical (unpaired) electrons. The van der Waals surface area contributed by atoms with E-state index in [1.165, 1.54) is 6.07 Å². The van der Waals surface area contributed by atoms with E-state index in [1.54, 1.807) is 12.1 Å². The highest BCUT2D eigenvalue weighted by atomic mass is 127. The van der Waals surface area contributed by atoms with E-state index in [1.807, 2.05) is 0 Å². The van der Waals surface area contributed by atoms with E-state index in [2.05, 4.69) is 46.4 Å². The number of nitrogens with zero attached hydrogens (tertiary/aromatic N) is 2. The first kappa shape index (κ1) is 16.9. The van der Waals surface area contributed by atoms with Crippen molar-refractivity contribution in [1.29, 1.82) is 0 Å². The number of halogens is 4. The van der Waals surface area contributed by atoms with E-state index in [-0.39, 0.29) is 12.2 Å². The van der Waals surface area contributed by atoms with Gasteiger partial charge >= 0.3 is 0 Å². The van der Waals surface area contributed by atoms with Crippen LogP contribution in [0.2, 0.25) is 10.2 Å². The van der Waals surface area contributed by atoms with Crippen molar-refractivity contribution in [1.82, 2.24) is 9.97 Å². The molecule has 21 heavy (non-hydrogen) atoms. The van der Waals surface area contributed by atoms with Crippen molar-refractivity contribution >= 4 is 45.8 Å². The Bertz CT molecular complexity index is 642. The quantitative estimate of drug-likeness (QED) is 0.477. The van der Waals surface area contributed by atoms with E-state index in [0.29, 0.717) is 27.5 Å². The second-order valence-electron chi connectivity index (χ2n) is 5.17. The average Bonchev–Trinajstić information content (AvgIpc) is 2.39. The third kappa shape index (κ3) is 4.27. The highest BCUT2D eigenvalue weighted by Gasteiger charge is 2.15. The summed E-state index contributed by atoms with van der Waals surface area (Å²) in [6.45, 7) is 4.22. The molecule has 6 heteroatoms. The van der Waals surface area contributed by atoms with Gasteiger partial charge in [0.05, 0.1) is 9.26 Å². The molecule has 0 spiro atoms. The molecule has 0 unspecified atom stereocenters. The summed E-state index contributed by atoms with van der Waals surface area (Å²) in [5.41, 5.74) is 1.29. The first-order chi connectivity index (χ1) is 9.88. The summed E-state index contributed by atoms with van der Waals surface area (Å²) in [6.07, 6.45) is 1.03. The van der Waals surface area contributed by atoms with Crippen molar-refractivity contribution < 1.29 is 4.39 Å². The molecule has 0 saturated heterocycles. The van der Waals surface area contributed by atoms with Crippen LogP contribution < -0.4 is 0 Å². The summed E-state index contributed by atoms with van der Waals surface area (Å²) >= 11 is 14.3. The number of hydrogen-bond acceptors (Lipinski definition) is 2. The molecule has 0 atom stereocenters. The molecule has 2 nitrogen and oxygen atoms in total. The molecule has 0 saturated carbocycles. The zero-order valence-electron chi connectivity index (χ0n) is 11.6. The summed E-state index contributed by atoms with van der Waals surface area (Å²) < 4.78 is 14.7. The third-order valence-corrected chi connectivity index (χ3v) is 5.00. The van der Waals surface area contributed by atoms with Crippen LogP contribution in [-0.4, -0.2) is 9.97 Å². The van der Waals surface area contributed by atoms with Gasteiger partial charge in [-0.2, -0.15) is 0 Å². The predicted octanol–water partition coefficient (Wildman–Crippen LogP) is 5.32. The van der Waals surface area contributed by atoms with Crippen LogP contribution in [0.5, 0.6) is 0 Å².